The van der Waals surface area contributed by atoms with Gasteiger partial charge in [-0.2, -0.15) is 0 Å². The Hall–Kier alpha value is -2.67. The minimum absolute atomic E-state index is 0.177. The molecule has 0 aromatic heterocycles. The molecule has 0 spiro atoms. The van der Waals surface area contributed by atoms with Crippen LogP contribution in [0, 0.1) is 0 Å². The molecule has 0 aliphatic heterocycles. The molecule has 0 bridgehead atoms. The van der Waals surface area contributed by atoms with Crippen molar-refractivity contribution in [2.45, 2.75) is 6.42 Å². The highest BCUT2D eigenvalue weighted by molar-refractivity contribution is 5.67. The van der Waals surface area contributed by atoms with Crippen LogP contribution < -0.4 is 0 Å². The van der Waals surface area contributed by atoms with Crippen LogP contribution in [-0.4, -0.2) is 0 Å². The lowest BCUT2D eigenvalue weighted by Gasteiger charge is -2.03. The summed E-state index contributed by atoms with van der Waals surface area (Å²) in [4.78, 5) is 0. The molecule has 3 aromatic rings. The van der Waals surface area contributed by atoms with Crippen molar-refractivity contribution in [3.05, 3.63) is 102 Å². The van der Waals surface area contributed by atoms with E-state index in [1.807, 2.05) is 72.8 Å². The van der Waals surface area contributed by atoms with Gasteiger partial charge in [0.15, 0.2) is 0 Å². The summed E-state index contributed by atoms with van der Waals surface area (Å²) < 4.78 is 14.2. The van der Waals surface area contributed by atoms with E-state index in [-0.39, 0.29) is 5.83 Å². The summed E-state index contributed by atoms with van der Waals surface area (Å²) in [6.45, 7) is 0. The van der Waals surface area contributed by atoms with Crippen molar-refractivity contribution >= 4 is 5.83 Å². The van der Waals surface area contributed by atoms with Crippen LogP contribution in [0.5, 0.6) is 0 Å². The smallest absolute Gasteiger partial charge is 0.126 e. The molecule has 0 fully saturated rings. The van der Waals surface area contributed by atoms with Crippen molar-refractivity contribution in [2.24, 2.45) is 0 Å². The van der Waals surface area contributed by atoms with Crippen LogP contribution in [0.4, 0.5) is 4.39 Å². The molecule has 108 valence electrons. The minimum atomic E-state index is -0.177. The van der Waals surface area contributed by atoms with Gasteiger partial charge in [-0.1, -0.05) is 84.9 Å². The highest BCUT2D eigenvalue weighted by Crippen LogP contribution is 2.23. The number of hydrogen-bond donors (Lipinski definition) is 0. The molecule has 0 amide bonds. The third kappa shape index (κ3) is 3.50. The SMILES string of the molecule is F/C(=C\Cc1ccccc1)c1ccc(-c2ccccc2)cc1. The van der Waals surface area contributed by atoms with E-state index in [2.05, 4.69) is 12.1 Å². The number of rotatable bonds is 4. The van der Waals surface area contributed by atoms with Gasteiger partial charge in [0.05, 0.1) is 0 Å². The van der Waals surface area contributed by atoms with Crippen LogP contribution in [0.15, 0.2) is 91.0 Å². The second kappa shape index (κ2) is 6.86. The molecule has 0 radical (unpaired) electrons. The summed E-state index contributed by atoms with van der Waals surface area (Å²) >= 11 is 0. The van der Waals surface area contributed by atoms with E-state index in [1.165, 1.54) is 0 Å². The van der Waals surface area contributed by atoms with Crippen LogP contribution in [0.25, 0.3) is 17.0 Å². The number of halogens is 1. The summed E-state index contributed by atoms with van der Waals surface area (Å²) in [5, 5.41) is 0. The summed E-state index contributed by atoms with van der Waals surface area (Å²) in [6, 6.07) is 27.6. The largest absolute Gasteiger partial charge is 0.207 e. The van der Waals surface area contributed by atoms with Crippen molar-refractivity contribution < 1.29 is 4.39 Å². The average molecular weight is 288 g/mol. The first-order valence-electron chi connectivity index (χ1n) is 7.38. The fourth-order valence-electron chi connectivity index (χ4n) is 2.39. The molecule has 0 saturated carbocycles. The lowest BCUT2D eigenvalue weighted by atomic mass is 10.0. The van der Waals surface area contributed by atoms with E-state index in [0.29, 0.717) is 12.0 Å². The zero-order chi connectivity index (χ0) is 15.2. The van der Waals surface area contributed by atoms with Gasteiger partial charge in [0.1, 0.15) is 5.83 Å². The summed E-state index contributed by atoms with van der Waals surface area (Å²) in [5.74, 6) is -0.177. The normalized spacial score (nSPS) is 11.4. The summed E-state index contributed by atoms with van der Waals surface area (Å²) in [6.07, 6.45) is 2.24. The van der Waals surface area contributed by atoms with Gasteiger partial charge in [-0.15, -0.1) is 0 Å². The third-order valence-corrected chi connectivity index (χ3v) is 3.63. The Morgan fingerprint density at radius 1 is 0.682 bits per heavy atom. The Morgan fingerprint density at radius 2 is 1.23 bits per heavy atom. The molecule has 0 atom stereocenters. The molecule has 3 rings (SSSR count). The van der Waals surface area contributed by atoms with Crippen molar-refractivity contribution in [2.75, 3.05) is 0 Å². The minimum Gasteiger partial charge on any atom is -0.207 e. The fraction of sp³-hybridized carbons (Fsp3) is 0.0476. The van der Waals surface area contributed by atoms with Crippen molar-refractivity contribution in [1.29, 1.82) is 0 Å². The predicted molar refractivity (Wildman–Crippen MR) is 91.1 cm³/mol. The van der Waals surface area contributed by atoms with Crippen LogP contribution >= 0.6 is 0 Å². The van der Waals surface area contributed by atoms with Crippen LogP contribution in [0.3, 0.4) is 0 Å². The molecule has 1 heteroatoms. The maximum absolute atomic E-state index is 14.2. The number of hydrogen-bond acceptors (Lipinski definition) is 0. The molecular formula is C21H17F. The van der Waals surface area contributed by atoms with Crippen LogP contribution in [0.2, 0.25) is 0 Å². The monoisotopic (exact) mass is 288 g/mol. The average Bonchev–Trinajstić information content (AvgIpc) is 2.61. The molecule has 22 heavy (non-hydrogen) atoms. The van der Waals surface area contributed by atoms with Crippen molar-refractivity contribution in [3.63, 3.8) is 0 Å². The molecule has 0 N–H and O–H groups in total. The predicted octanol–water partition coefficient (Wildman–Crippen LogP) is 5.91. The lowest BCUT2D eigenvalue weighted by Crippen LogP contribution is -1.84. The van der Waals surface area contributed by atoms with E-state index < -0.39 is 0 Å². The highest BCUT2D eigenvalue weighted by atomic mass is 19.1. The van der Waals surface area contributed by atoms with Gasteiger partial charge in [0, 0.05) is 5.56 Å². The number of allylic oxidation sites excluding steroid dienone is 1. The zero-order valence-corrected chi connectivity index (χ0v) is 12.2. The zero-order valence-electron chi connectivity index (χ0n) is 12.2. The molecule has 0 unspecified atom stereocenters. The van der Waals surface area contributed by atoms with Gasteiger partial charge in [-0.05, 0) is 29.2 Å². The molecule has 0 heterocycles. The Morgan fingerprint density at radius 3 is 1.86 bits per heavy atom. The first-order valence-corrected chi connectivity index (χ1v) is 7.38. The van der Waals surface area contributed by atoms with Gasteiger partial charge in [0.25, 0.3) is 0 Å². The maximum Gasteiger partial charge on any atom is 0.126 e. The quantitative estimate of drug-likeness (QED) is 0.560. The van der Waals surface area contributed by atoms with E-state index in [9.17, 15) is 4.39 Å². The van der Waals surface area contributed by atoms with Crippen molar-refractivity contribution in [3.8, 4) is 11.1 Å². The Kier molecular flexibility index (Phi) is 4.45. The van der Waals surface area contributed by atoms with E-state index >= 15 is 0 Å². The Bertz CT molecular complexity index is 741. The molecule has 3 aromatic carbocycles. The van der Waals surface area contributed by atoms with Gasteiger partial charge in [0.2, 0.25) is 0 Å². The molecule has 0 saturated heterocycles. The van der Waals surface area contributed by atoms with E-state index in [4.69, 9.17) is 0 Å². The Balaban J connectivity index is 1.75. The van der Waals surface area contributed by atoms with Crippen LogP contribution in [0.1, 0.15) is 11.1 Å². The van der Waals surface area contributed by atoms with Gasteiger partial charge >= 0.3 is 0 Å². The van der Waals surface area contributed by atoms with Gasteiger partial charge in [-0.3, -0.25) is 0 Å². The van der Waals surface area contributed by atoms with Gasteiger partial charge in [-0.25, -0.2) is 4.39 Å². The summed E-state index contributed by atoms with van der Waals surface area (Å²) in [7, 11) is 0. The topological polar surface area (TPSA) is 0 Å². The third-order valence-electron chi connectivity index (χ3n) is 3.63. The number of benzene rings is 3. The lowest BCUT2D eigenvalue weighted by molar-refractivity contribution is 0.756. The molecule has 0 nitrogen and oxygen atoms in total. The maximum atomic E-state index is 14.2. The van der Waals surface area contributed by atoms with E-state index in [1.54, 1.807) is 6.08 Å². The second-order valence-corrected chi connectivity index (χ2v) is 5.19. The second-order valence-electron chi connectivity index (χ2n) is 5.19. The van der Waals surface area contributed by atoms with Gasteiger partial charge < -0.3 is 0 Å². The highest BCUT2D eigenvalue weighted by Gasteiger charge is 2.02. The molecule has 0 aliphatic rings. The van der Waals surface area contributed by atoms with Crippen molar-refractivity contribution in [1.82, 2.24) is 0 Å². The first-order chi connectivity index (χ1) is 10.8. The Labute approximate surface area is 130 Å². The van der Waals surface area contributed by atoms with Crippen LogP contribution in [-0.2, 0) is 6.42 Å². The summed E-state index contributed by atoms with van der Waals surface area (Å²) in [5.41, 5.74) is 3.97. The molecular weight excluding hydrogens is 271 g/mol. The van der Waals surface area contributed by atoms with E-state index in [0.717, 1.165) is 16.7 Å². The molecule has 0 aliphatic carbocycles. The standard InChI is InChI=1S/C21H17F/c22-21(16-11-17-7-3-1-4-8-17)20-14-12-19(13-15-20)18-9-5-2-6-10-18/h1-10,12-16H,11H2/b21-16-. The fourth-order valence-corrected chi connectivity index (χ4v) is 2.39. The first kappa shape index (κ1) is 14.3.